The van der Waals surface area contributed by atoms with Crippen molar-refractivity contribution in [2.45, 2.75) is 40.5 Å². The highest BCUT2D eigenvalue weighted by atomic mass is 35.5. The standard InChI is InChI=1S/C9H11NO.C9H12.C8H6ClN.C6H13N/c1-10(2)9-5-3-8(7-11)4-6-9;1-3-9-7-5-4-6-8(9)2;1-6-2-3-7(5-10)8(9)4-6;1-6-3-4-7(2)5-6/h3-7H,1-2H3;4-7H,3H2,1-2H3;2-4H,1H3;6H,3-5H2,1-2H3. The third-order valence-corrected chi connectivity index (χ3v) is 6.37. The largest absolute Gasteiger partial charge is 0.378 e. The Morgan fingerprint density at radius 1 is 1.08 bits per heavy atom. The van der Waals surface area contributed by atoms with Crippen molar-refractivity contribution in [2.24, 2.45) is 5.92 Å². The van der Waals surface area contributed by atoms with E-state index in [4.69, 9.17) is 16.9 Å². The Hall–Kier alpha value is -3.13. The Bertz CT molecular complexity index is 1110. The number of benzene rings is 3. The second kappa shape index (κ2) is 17.3. The molecule has 1 unspecified atom stereocenters. The third-order valence-electron chi connectivity index (χ3n) is 6.06. The van der Waals surface area contributed by atoms with Crippen LogP contribution in [0.4, 0.5) is 5.69 Å². The molecule has 1 atom stereocenters. The summed E-state index contributed by atoms with van der Waals surface area (Å²) in [6, 6.07) is 23.3. The molecule has 1 saturated heterocycles. The molecular weight excluding hydrogens is 478 g/mol. The van der Waals surface area contributed by atoms with Gasteiger partial charge in [-0.15, -0.1) is 0 Å². The van der Waals surface area contributed by atoms with E-state index in [-0.39, 0.29) is 0 Å². The number of nitriles is 1. The van der Waals surface area contributed by atoms with E-state index in [0.717, 1.165) is 35.4 Å². The summed E-state index contributed by atoms with van der Waals surface area (Å²) < 4.78 is 0. The first-order chi connectivity index (χ1) is 17.6. The fourth-order valence-electron chi connectivity index (χ4n) is 3.72. The lowest BCUT2D eigenvalue weighted by Crippen LogP contribution is -2.12. The van der Waals surface area contributed by atoms with Crippen LogP contribution in [-0.2, 0) is 6.42 Å². The molecule has 0 bridgehead atoms. The van der Waals surface area contributed by atoms with Crippen molar-refractivity contribution in [3.05, 3.63) is 99.6 Å². The minimum atomic E-state index is 0.530. The van der Waals surface area contributed by atoms with Gasteiger partial charge in [0.1, 0.15) is 12.4 Å². The summed E-state index contributed by atoms with van der Waals surface area (Å²) in [7, 11) is 6.12. The summed E-state index contributed by atoms with van der Waals surface area (Å²) in [6.45, 7) is 11.2. The molecule has 0 N–H and O–H groups in total. The Morgan fingerprint density at radius 2 is 1.73 bits per heavy atom. The van der Waals surface area contributed by atoms with E-state index in [1.54, 1.807) is 12.1 Å². The molecule has 5 heteroatoms. The van der Waals surface area contributed by atoms with Crippen LogP contribution in [0.2, 0.25) is 5.02 Å². The Morgan fingerprint density at radius 3 is 2.11 bits per heavy atom. The van der Waals surface area contributed by atoms with E-state index in [1.807, 2.05) is 62.3 Å². The van der Waals surface area contributed by atoms with Gasteiger partial charge in [-0.05, 0) is 99.3 Å². The topological polar surface area (TPSA) is 47.3 Å². The van der Waals surface area contributed by atoms with Gasteiger partial charge in [-0.2, -0.15) is 5.26 Å². The molecule has 3 aromatic rings. The first-order valence-corrected chi connectivity index (χ1v) is 13.1. The van der Waals surface area contributed by atoms with Gasteiger partial charge in [-0.1, -0.05) is 55.8 Å². The van der Waals surface area contributed by atoms with Gasteiger partial charge < -0.3 is 9.80 Å². The maximum absolute atomic E-state index is 10.3. The van der Waals surface area contributed by atoms with Crippen molar-refractivity contribution in [2.75, 3.05) is 39.1 Å². The first-order valence-electron chi connectivity index (χ1n) is 12.7. The van der Waals surface area contributed by atoms with Crippen molar-refractivity contribution < 1.29 is 4.79 Å². The summed E-state index contributed by atoms with van der Waals surface area (Å²) in [5.74, 6) is 0.949. The lowest BCUT2D eigenvalue weighted by Gasteiger charge is -2.11. The molecule has 0 aromatic heterocycles. The zero-order chi connectivity index (χ0) is 27.8. The molecule has 1 fully saturated rings. The lowest BCUT2D eigenvalue weighted by molar-refractivity contribution is 0.112. The molecule has 4 nitrogen and oxygen atoms in total. The number of hydrogen-bond donors (Lipinski definition) is 0. The zero-order valence-electron chi connectivity index (χ0n) is 23.5. The summed E-state index contributed by atoms with van der Waals surface area (Å²) in [4.78, 5) is 14.6. The van der Waals surface area contributed by atoms with E-state index in [1.165, 1.54) is 30.6 Å². The van der Waals surface area contributed by atoms with Gasteiger partial charge in [0.2, 0.25) is 0 Å². The van der Waals surface area contributed by atoms with E-state index in [0.29, 0.717) is 10.6 Å². The molecule has 0 amide bonds. The lowest BCUT2D eigenvalue weighted by atomic mass is 10.1. The quantitative estimate of drug-likeness (QED) is 0.334. The van der Waals surface area contributed by atoms with Gasteiger partial charge >= 0.3 is 0 Å². The number of aldehydes is 1. The highest BCUT2D eigenvalue weighted by Crippen LogP contribution is 2.16. The van der Waals surface area contributed by atoms with Crippen LogP contribution in [0, 0.1) is 31.1 Å². The van der Waals surface area contributed by atoms with Crippen molar-refractivity contribution >= 4 is 23.6 Å². The van der Waals surface area contributed by atoms with Crippen molar-refractivity contribution in [3.63, 3.8) is 0 Å². The SMILES string of the molecule is CC1CCN(C)C1.CCc1ccccc1C.CN(C)c1ccc(C=O)cc1.Cc1ccc(C#N)c(Cl)c1. The van der Waals surface area contributed by atoms with E-state index in [9.17, 15) is 4.79 Å². The fourth-order valence-corrected chi connectivity index (χ4v) is 4.00. The Balaban J connectivity index is 0.000000249. The highest BCUT2D eigenvalue weighted by Gasteiger charge is 2.13. The molecule has 1 aliphatic rings. The average molecular weight is 520 g/mol. The summed E-state index contributed by atoms with van der Waals surface area (Å²) in [5.41, 5.74) is 6.29. The second-order valence-electron chi connectivity index (χ2n) is 9.64. The van der Waals surface area contributed by atoms with Gasteiger partial charge in [0, 0.05) is 31.9 Å². The average Bonchev–Trinajstić information content (AvgIpc) is 3.28. The molecule has 1 heterocycles. The van der Waals surface area contributed by atoms with Gasteiger partial charge in [-0.3, -0.25) is 4.79 Å². The van der Waals surface area contributed by atoms with Gasteiger partial charge in [-0.25, -0.2) is 0 Å². The van der Waals surface area contributed by atoms with Crippen LogP contribution in [0.15, 0.2) is 66.7 Å². The zero-order valence-corrected chi connectivity index (χ0v) is 24.2. The van der Waals surface area contributed by atoms with Crippen LogP contribution < -0.4 is 4.90 Å². The van der Waals surface area contributed by atoms with Gasteiger partial charge in [0.05, 0.1) is 10.6 Å². The minimum absolute atomic E-state index is 0.530. The number of hydrogen-bond acceptors (Lipinski definition) is 4. The molecule has 3 aromatic carbocycles. The molecule has 4 rings (SSSR count). The summed E-state index contributed by atoms with van der Waals surface area (Å²) >= 11 is 5.71. The number of carbonyl (C=O) groups excluding carboxylic acids is 1. The molecule has 0 spiro atoms. The van der Waals surface area contributed by atoms with Crippen LogP contribution in [0.1, 0.15) is 52.9 Å². The predicted octanol–water partition coefficient (Wildman–Crippen LogP) is 7.60. The molecule has 37 heavy (non-hydrogen) atoms. The number of carbonyl (C=O) groups is 1. The maximum Gasteiger partial charge on any atom is 0.150 e. The maximum atomic E-state index is 10.3. The van der Waals surface area contributed by atoms with E-state index < -0.39 is 0 Å². The normalized spacial score (nSPS) is 14.0. The minimum Gasteiger partial charge on any atom is -0.378 e. The molecule has 0 radical (unpaired) electrons. The second-order valence-corrected chi connectivity index (χ2v) is 10.0. The number of likely N-dealkylation sites (tertiary alicyclic amines) is 1. The van der Waals surface area contributed by atoms with Crippen molar-refractivity contribution in [3.8, 4) is 6.07 Å². The van der Waals surface area contributed by atoms with E-state index >= 15 is 0 Å². The number of anilines is 1. The van der Waals surface area contributed by atoms with Crippen LogP contribution in [0.3, 0.4) is 0 Å². The van der Waals surface area contributed by atoms with Gasteiger partial charge in [0.25, 0.3) is 0 Å². The third kappa shape index (κ3) is 12.6. The van der Waals surface area contributed by atoms with Crippen LogP contribution >= 0.6 is 11.6 Å². The smallest absolute Gasteiger partial charge is 0.150 e. The molecule has 0 aliphatic carbocycles. The number of rotatable bonds is 3. The Labute approximate surface area is 229 Å². The van der Waals surface area contributed by atoms with Gasteiger partial charge in [0.15, 0.2) is 0 Å². The first kappa shape index (κ1) is 31.9. The molecule has 1 aliphatic heterocycles. The summed E-state index contributed by atoms with van der Waals surface area (Å²) in [6.07, 6.45) is 3.39. The molecule has 0 saturated carbocycles. The summed E-state index contributed by atoms with van der Waals surface area (Å²) in [5, 5.41) is 9.00. The van der Waals surface area contributed by atoms with Crippen LogP contribution in [-0.4, -0.2) is 45.4 Å². The number of halogens is 1. The van der Waals surface area contributed by atoms with Crippen molar-refractivity contribution in [1.29, 1.82) is 5.26 Å². The molecular formula is C32H42ClN3O. The van der Waals surface area contributed by atoms with Crippen LogP contribution in [0.25, 0.3) is 0 Å². The fraction of sp³-hybridized carbons (Fsp3) is 0.375. The number of aryl methyl sites for hydroxylation is 3. The number of nitrogens with zero attached hydrogens (tertiary/aromatic N) is 3. The van der Waals surface area contributed by atoms with Crippen LogP contribution in [0.5, 0.6) is 0 Å². The molecule has 198 valence electrons. The highest BCUT2D eigenvalue weighted by molar-refractivity contribution is 6.31. The Kier molecular flexibility index (Phi) is 15.0. The van der Waals surface area contributed by atoms with Crippen molar-refractivity contribution in [1.82, 2.24) is 4.90 Å². The monoisotopic (exact) mass is 519 g/mol. The predicted molar refractivity (Wildman–Crippen MR) is 159 cm³/mol. The van der Waals surface area contributed by atoms with E-state index in [2.05, 4.69) is 57.0 Å².